The normalized spacial score (nSPS) is 11.1. The smallest absolute Gasteiger partial charge is 0.119 e. The molecule has 0 saturated heterocycles. The molecule has 0 aliphatic rings. The molecule has 0 spiro atoms. The van der Waals surface area contributed by atoms with Crippen molar-refractivity contribution in [1.82, 2.24) is 10.3 Å². The summed E-state index contributed by atoms with van der Waals surface area (Å²) >= 11 is 0. The summed E-state index contributed by atoms with van der Waals surface area (Å²) in [5.74, 6) is 0.893. The first-order valence-corrected chi connectivity index (χ1v) is 6.77. The fraction of sp³-hybridized carbons (Fsp3) is 0.467. The van der Waals surface area contributed by atoms with Crippen LogP contribution in [0.3, 0.4) is 0 Å². The SMILES string of the molecule is CCOCCCNCc1c[nH]c2ccc(OC)cc12. The maximum absolute atomic E-state index is 5.31. The third-order valence-electron chi connectivity index (χ3n) is 3.14. The number of fused-ring (bicyclic) bond motifs is 1. The highest BCUT2D eigenvalue weighted by Gasteiger charge is 2.04. The number of hydrogen-bond donors (Lipinski definition) is 2. The number of aromatic nitrogens is 1. The van der Waals surface area contributed by atoms with Crippen LogP contribution in [0.25, 0.3) is 10.9 Å². The Morgan fingerprint density at radius 3 is 3.00 bits per heavy atom. The van der Waals surface area contributed by atoms with Crippen LogP contribution in [0.2, 0.25) is 0 Å². The van der Waals surface area contributed by atoms with E-state index < -0.39 is 0 Å². The van der Waals surface area contributed by atoms with Gasteiger partial charge < -0.3 is 19.8 Å². The molecule has 0 saturated carbocycles. The molecule has 2 N–H and O–H groups in total. The highest BCUT2D eigenvalue weighted by atomic mass is 16.5. The lowest BCUT2D eigenvalue weighted by Crippen LogP contribution is -2.16. The average Bonchev–Trinajstić information content (AvgIpc) is 2.85. The zero-order valence-corrected chi connectivity index (χ0v) is 11.7. The molecule has 0 radical (unpaired) electrons. The molecule has 104 valence electrons. The fourth-order valence-electron chi connectivity index (χ4n) is 2.10. The van der Waals surface area contributed by atoms with Crippen LogP contribution in [0.5, 0.6) is 5.75 Å². The van der Waals surface area contributed by atoms with E-state index in [1.54, 1.807) is 7.11 Å². The van der Waals surface area contributed by atoms with E-state index in [2.05, 4.69) is 22.6 Å². The molecule has 4 nitrogen and oxygen atoms in total. The van der Waals surface area contributed by atoms with Crippen molar-refractivity contribution in [3.05, 3.63) is 30.0 Å². The van der Waals surface area contributed by atoms with Gasteiger partial charge >= 0.3 is 0 Å². The van der Waals surface area contributed by atoms with Crippen molar-refractivity contribution in [1.29, 1.82) is 0 Å². The first-order valence-electron chi connectivity index (χ1n) is 6.77. The van der Waals surface area contributed by atoms with Gasteiger partial charge in [-0.05, 0) is 43.7 Å². The van der Waals surface area contributed by atoms with E-state index in [0.717, 1.165) is 44.0 Å². The number of nitrogens with one attached hydrogen (secondary N) is 2. The van der Waals surface area contributed by atoms with Crippen molar-refractivity contribution in [3.63, 3.8) is 0 Å². The van der Waals surface area contributed by atoms with Crippen LogP contribution in [0.15, 0.2) is 24.4 Å². The van der Waals surface area contributed by atoms with Gasteiger partial charge in [0.15, 0.2) is 0 Å². The van der Waals surface area contributed by atoms with Gasteiger partial charge in [-0.1, -0.05) is 0 Å². The summed E-state index contributed by atoms with van der Waals surface area (Å²) in [5, 5.41) is 4.65. The Morgan fingerprint density at radius 1 is 1.32 bits per heavy atom. The summed E-state index contributed by atoms with van der Waals surface area (Å²) in [5.41, 5.74) is 2.41. The lowest BCUT2D eigenvalue weighted by Gasteiger charge is -2.05. The molecule has 2 rings (SSSR count). The minimum Gasteiger partial charge on any atom is -0.497 e. The molecular weight excluding hydrogens is 240 g/mol. The minimum absolute atomic E-state index is 0.794. The lowest BCUT2D eigenvalue weighted by molar-refractivity contribution is 0.144. The van der Waals surface area contributed by atoms with E-state index in [0.29, 0.717) is 0 Å². The average molecular weight is 262 g/mol. The highest BCUT2D eigenvalue weighted by Crippen LogP contribution is 2.23. The maximum atomic E-state index is 5.31. The summed E-state index contributed by atoms with van der Waals surface area (Å²) < 4.78 is 10.6. The van der Waals surface area contributed by atoms with Gasteiger partial charge in [0.1, 0.15) is 5.75 Å². The van der Waals surface area contributed by atoms with Crippen molar-refractivity contribution in [2.75, 3.05) is 26.9 Å². The van der Waals surface area contributed by atoms with Gasteiger partial charge in [-0.25, -0.2) is 0 Å². The molecule has 0 aliphatic heterocycles. The third kappa shape index (κ3) is 3.72. The number of benzene rings is 1. The molecule has 0 aliphatic carbocycles. The van der Waals surface area contributed by atoms with Crippen molar-refractivity contribution in [3.8, 4) is 5.75 Å². The third-order valence-corrected chi connectivity index (χ3v) is 3.14. The molecule has 2 aromatic rings. The Hall–Kier alpha value is -1.52. The van der Waals surface area contributed by atoms with E-state index in [9.17, 15) is 0 Å². The summed E-state index contributed by atoms with van der Waals surface area (Å²) in [4.78, 5) is 3.28. The highest BCUT2D eigenvalue weighted by molar-refractivity contribution is 5.84. The Bertz CT molecular complexity index is 508. The Morgan fingerprint density at radius 2 is 2.21 bits per heavy atom. The molecule has 0 amide bonds. The topological polar surface area (TPSA) is 46.3 Å². The molecule has 1 aromatic carbocycles. The predicted molar refractivity (Wildman–Crippen MR) is 77.7 cm³/mol. The molecule has 0 atom stereocenters. The summed E-state index contributed by atoms with van der Waals surface area (Å²) in [6.07, 6.45) is 3.10. The second kappa shape index (κ2) is 7.16. The van der Waals surface area contributed by atoms with Gasteiger partial charge in [-0.2, -0.15) is 0 Å². The summed E-state index contributed by atoms with van der Waals surface area (Å²) in [6.45, 7) is 5.47. The molecule has 0 fully saturated rings. The van der Waals surface area contributed by atoms with Crippen LogP contribution < -0.4 is 10.1 Å². The van der Waals surface area contributed by atoms with Gasteiger partial charge in [0.05, 0.1) is 7.11 Å². The van der Waals surface area contributed by atoms with E-state index >= 15 is 0 Å². The first-order chi connectivity index (χ1) is 9.35. The zero-order chi connectivity index (χ0) is 13.5. The van der Waals surface area contributed by atoms with Crippen molar-refractivity contribution >= 4 is 10.9 Å². The largest absolute Gasteiger partial charge is 0.497 e. The van der Waals surface area contributed by atoms with Crippen LogP contribution in [0.4, 0.5) is 0 Å². The lowest BCUT2D eigenvalue weighted by atomic mass is 10.1. The van der Waals surface area contributed by atoms with Crippen molar-refractivity contribution in [2.24, 2.45) is 0 Å². The molecule has 1 aromatic heterocycles. The second-order valence-electron chi connectivity index (χ2n) is 4.45. The molecular formula is C15H22N2O2. The van der Waals surface area contributed by atoms with Crippen molar-refractivity contribution in [2.45, 2.75) is 19.9 Å². The first kappa shape index (κ1) is 13.9. The van der Waals surface area contributed by atoms with Crippen LogP contribution >= 0.6 is 0 Å². The Balaban J connectivity index is 1.89. The molecule has 19 heavy (non-hydrogen) atoms. The van der Waals surface area contributed by atoms with Gasteiger partial charge in [0.2, 0.25) is 0 Å². The van der Waals surface area contributed by atoms with Gasteiger partial charge in [-0.3, -0.25) is 0 Å². The number of ether oxygens (including phenoxy) is 2. The second-order valence-corrected chi connectivity index (χ2v) is 4.45. The Labute approximate surface area is 114 Å². The summed E-state index contributed by atoms with van der Waals surface area (Å²) in [7, 11) is 1.69. The van der Waals surface area contributed by atoms with Crippen LogP contribution in [-0.4, -0.2) is 31.9 Å². The fourth-order valence-corrected chi connectivity index (χ4v) is 2.10. The van der Waals surface area contributed by atoms with Gasteiger partial charge in [0.25, 0.3) is 0 Å². The number of methoxy groups -OCH3 is 1. The van der Waals surface area contributed by atoms with E-state index in [-0.39, 0.29) is 0 Å². The number of H-pyrrole nitrogens is 1. The zero-order valence-electron chi connectivity index (χ0n) is 11.7. The minimum atomic E-state index is 0.794. The van der Waals surface area contributed by atoms with Crippen LogP contribution in [-0.2, 0) is 11.3 Å². The number of aromatic amines is 1. The van der Waals surface area contributed by atoms with Gasteiger partial charge in [0, 0.05) is 36.9 Å². The van der Waals surface area contributed by atoms with E-state index in [1.807, 2.05) is 19.1 Å². The molecule has 0 unspecified atom stereocenters. The predicted octanol–water partition coefficient (Wildman–Crippen LogP) is 2.69. The standard InChI is InChI=1S/C15H22N2O2/c1-3-19-8-4-7-16-10-12-11-17-15-6-5-13(18-2)9-14(12)15/h5-6,9,11,16-17H,3-4,7-8,10H2,1-2H3. The number of rotatable bonds is 8. The monoisotopic (exact) mass is 262 g/mol. The number of hydrogen-bond acceptors (Lipinski definition) is 3. The maximum Gasteiger partial charge on any atom is 0.119 e. The van der Waals surface area contributed by atoms with E-state index in [1.165, 1.54) is 10.9 Å². The molecule has 1 heterocycles. The Kier molecular flexibility index (Phi) is 5.24. The molecule has 0 bridgehead atoms. The van der Waals surface area contributed by atoms with Crippen LogP contribution in [0.1, 0.15) is 18.9 Å². The van der Waals surface area contributed by atoms with E-state index in [4.69, 9.17) is 9.47 Å². The van der Waals surface area contributed by atoms with Crippen LogP contribution in [0, 0.1) is 0 Å². The van der Waals surface area contributed by atoms with Crippen molar-refractivity contribution < 1.29 is 9.47 Å². The molecule has 4 heteroatoms. The van der Waals surface area contributed by atoms with Gasteiger partial charge in [-0.15, -0.1) is 0 Å². The quantitative estimate of drug-likeness (QED) is 0.719. The summed E-state index contributed by atoms with van der Waals surface area (Å²) in [6, 6.07) is 6.09.